The second kappa shape index (κ2) is 9.87. The van der Waals surface area contributed by atoms with Crippen LogP contribution in [-0.4, -0.2) is 99.1 Å². The van der Waals surface area contributed by atoms with Gasteiger partial charge in [0.25, 0.3) is 11.8 Å². The molecule has 0 saturated carbocycles. The average molecular weight is 537 g/mol. The van der Waals surface area contributed by atoms with E-state index in [4.69, 9.17) is 16.3 Å². The molecule has 3 amide bonds. The largest absolute Gasteiger partial charge is 0.543 e. The second-order valence-electron chi connectivity index (χ2n) is 8.71. The van der Waals surface area contributed by atoms with E-state index in [9.17, 15) is 24.3 Å². The molecule has 0 bridgehead atoms. The lowest BCUT2D eigenvalue weighted by atomic mass is 10.0. The zero-order valence-electron chi connectivity index (χ0n) is 19.4. The number of rotatable bonds is 8. The molecule has 36 heavy (non-hydrogen) atoms. The molecule has 14 nitrogen and oxygen atoms in total. The highest BCUT2D eigenvalue weighted by Gasteiger charge is 2.53. The number of quaternary nitrogens is 1. The lowest BCUT2D eigenvalue weighted by Gasteiger charge is -2.51. The highest BCUT2D eigenvalue weighted by molar-refractivity contribution is 8.00. The third-order valence-corrected chi connectivity index (χ3v) is 8.05. The number of carbonyl (C=O) groups excluding carboxylic acids is 4. The Morgan fingerprint density at radius 1 is 1.42 bits per heavy atom. The Kier molecular flexibility index (Phi) is 7.01. The van der Waals surface area contributed by atoms with E-state index in [-0.39, 0.29) is 22.4 Å². The van der Waals surface area contributed by atoms with Crippen molar-refractivity contribution >= 4 is 57.8 Å². The molecule has 1 fully saturated rings. The maximum absolute atomic E-state index is 13.0. The fourth-order valence-electron chi connectivity index (χ4n) is 4.35. The summed E-state index contributed by atoms with van der Waals surface area (Å²) >= 11 is 2.20. The minimum absolute atomic E-state index is 0.0542. The number of nitrogens with zero attached hydrogens (tertiary/aromatic N) is 5. The van der Waals surface area contributed by atoms with Crippen LogP contribution in [0.3, 0.4) is 0 Å². The second-order valence-corrected chi connectivity index (χ2v) is 10.6. The number of primary amides is 1. The van der Waals surface area contributed by atoms with Gasteiger partial charge in [0, 0.05) is 34.9 Å². The monoisotopic (exact) mass is 536 g/mol. The number of fused-ring (bicyclic) bond motifs is 1. The van der Waals surface area contributed by atoms with E-state index in [1.54, 1.807) is 6.08 Å². The van der Waals surface area contributed by atoms with Crippen molar-refractivity contribution in [1.29, 1.82) is 0 Å². The quantitative estimate of drug-likeness (QED) is 0.134. The van der Waals surface area contributed by atoms with E-state index < -0.39 is 35.1 Å². The number of hydrogen-bond acceptors (Lipinski definition) is 12. The van der Waals surface area contributed by atoms with Gasteiger partial charge in [-0.15, -0.1) is 11.8 Å². The van der Waals surface area contributed by atoms with Gasteiger partial charge in [0.1, 0.15) is 25.1 Å². The van der Waals surface area contributed by atoms with Crippen molar-refractivity contribution < 1.29 is 33.6 Å². The highest BCUT2D eigenvalue weighted by atomic mass is 32.2. The summed E-state index contributed by atoms with van der Waals surface area (Å²) in [5.41, 5.74) is 11.6. The Bertz CT molecular complexity index is 1230. The van der Waals surface area contributed by atoms with Crippen molar-refractivity contribution in [1.82, 2.24) is 19.6 Å². The van der Waals surface area contributed by atoms with Gasteiger partial charge in [0.2, 0.25) is 17.4 Å². The zero-order valence-corrected chi connectivity index (χ0v) is 21.1. The SMILES string of the molecule is CO/N=C(\C(=O)N[C@@H]1C(=O)N2C(C(=O)[O-])=C(C[N+]3(C)CC=C(C(N)=O)CC3)CS[C@H]12)c1nsc(N)n1. The minimum atomic E-state index is -1.46. The molecule has 3 aliphatic rings. The van der Waals surface area contributed by atoms with E-state index in [0.29, 0.717) is 47.4 Å². The van der Waals surface area contributed by atoms with Crippen molar-refractivity contribution in [2.45, 2.75) is 17.8 Å². The van der Waals surface area contributed by atoms with E-state index >= 15 is 0 Å². The van der Waals surface area contributed by atoms with Crippen LogP contribution in [0.15, 0.2) is 28.1 Å². The number of aromatic nitrogens is 2. The van der Waals surface area contributed by atoms with Gasteiger partial charge < -0.3 is 36.0 Å². The van der Waals surface area contributed by atoms with Gasteiger partial charge in [-0.2, -0.15) is 9.36 Å². The number of nitrogens with two attached hydrogens (primary N) is 2. The lowest BCUT2D eigenvalue weighted by Crippen LogP contribution is -2.72. The van der Waals surface area contributed by atoms with Gasteiger partial charge in [0.05, 0.1) is 31.8 Å². The Balaban J connectivity index is 1.51. The van der Waals surface area contributed by atoms with Crippen LogP contribution in [0.25, 0.3) is 0 Å². The summed E-state index contributed by atoms with van der Waals surface area (Å²) in [7, 11) is 3.19. The zero-order chi connectivity index (χ0) is 26.2. The normalized spacial score (nSPS) is 26.1. The number of oxime groups is 1. The smallest absolute Gasteiger partial charge is 0.278 e. The van der Waals surface area contributed by atoms with Crippen LogP contribution in [0.4, 0.5) is 5.13 Å². The maximum atomic E-state index is 13.0. The molecule has 1 unspecified atom stereocenters. The summed E-state index contributed by atoms with van der Waals surface area (Å²) in [6, 6.07) is -0.989. The van der Waals surface area contributed by atoms with Crippen LogP contribution in [0.1, 0.15) is 12.2 Å². The topological polar surface area (TPSA) is 206 Å². The Labute approximate surface area is 213 Å². The first-order valence-corrected chi connectivity index (χ1v) is 12.6. The number of hydrogen-bond donors (Lipinski definition) is 3. The first kappa shape index (κ1) is 25.6. The molecule has 5 N–H and O–H groups in total. The first-order chi connectivity index (χ1) is 17.0. The van der Waals surface area contributed by atoms with Crippen LogP contribution < -0.4 is 21.9 Å². The third-order valence-electron chi connectivity index (χ3n) is 6.17. The van der Waals surface area contributed by atoms with E-state index in [2.05, 4.69) is 19.8 Å². The van der Waals surface area contributed by atoms with Crippen LogP contribution in [-0.2, 0) is 24.0 Å². The molecule has 1 aromatic heterocycles. The molecule has 1 aromatic rings. The number of thioether (sulfide) groups is 1. The highest BCUT2D eigenvalue weighted by Crippen LogP contribution is 2.41. The molecule has 1 saturated heterocycles. The average Bonchev–Trinajstić information content (AvgIpc) is 3.26. The Morgan fingerprint density at radius 3 is 2.72 bits per heavy atom. The van der Waals surface area contributed by atoms with Crippen LogP contribution in [0.5, 0.6) is 0 Å². The molecular formula is C20H24N8O6S2. The number of nitrogens with one attached hydrogen (secondary N) is 1. The summed E-state index contributed by atoms with van der Waals surface area (Å²) in [5.74, 6) is -3.00. The van der Waals surface area contributed by atoms with Gasteiger partial charge in [-0.25, -0.2) is 0 Å². The van der Waals surface area contributed by atoms with Gasteiger partial charge in [0.15, 0.2) is 5.13 Å². The molecule has 0 aromatic carbocycles. The molecular weight excluding hydrogens is 512 g/mol. The van der Waals surface area contributed by atoms with Crippen molar-refractivity contribution in [3.05, 3.63) is 28.7 Å². The Morgan fingerprint density at radius 2 is 2.17 bits per heavy atom. The third kappa shape index (κ3) is 4.78. The molecule has 4 heterocycles. The predicted octanol–water partition coefficient (Wildman–Crippen LogP) is -2.86. The van der Waals surface area contributed by atoms with Crippen LogP contribution in [0, 0.1) is 0 Å². The summed E-state index contributed by atoms with van der Waals surface area (Å²) < 4.78 is 4.39. The number of likely N-dealkylation sites (N-methyl/N-ethyl adjacent to an activating group) is 1. The number of anilines is 1. The lowest BCUT2D eigenvalue weighted by molar-refractivity contribution is -0.900. The first-order valence-electron chi connectivity index (χ1n) is 10.8. The summed E-state index contributed by atoms with van der Waals surface area (Å²) in [6.07, 6.45) is 2.26. The number of carbonyl (C=O) groups is 4. The summed E-state index contributed by atoms with van der Waals surface area (Å²) in [4.78, 5) is 59.1. The maximum Gasteiger partial charge on any atom is 0.278 e. The summed E-state index contributed by atoms with van der Waals surface area (Å²) in [5, 5.41) is 17.8. The summed E-state index contributed by atoms with van der Waals surface area (Å²) in [6.45, 7) is 1.45. The standard InChI is InChI=1S/C20H24N8O6S2/c1-28(5-3-9(4-6-28)14(21)29)7-10-8-35-18-12(17(31)27(18)13(10)19(32)33)23-16(30)11(25-34-2)15-24-20(22)36-26-15/h3,12,18H,4-8H2,1-2H3,(H5-,21,22,23,24,26,29,30,32,33)/b25-11-/t12-,18-,28?/m1/s1. The molecule has 192 valence electrons. The fraction of sp³-hybridized carbons (Fsp3) is 0.450. The van der Waals surface area contributed by atoms with E-state index in [1.807, 2.05) is 7.05 Å². The molecule has 16 heteroatoms. The van der Waals surface area contributed by atoms with Gasteiger partial charge in [-0.05, 0) is 6.08 Å². The number of aliphatic carboxylic acids is 1. The molecule has 0 spiro atoms. The van der Waals surface area contributed by atoms with Crippen molar-refractivity contribution in [3.63, 3.8) is 0 Å². The molecule has 3 atom stereocenters. The van der Waals surface area contributed by atoms with Crippen molar-refractivity contribution in [3.8, 4) is 0 Å². The molecule has 0 aliphatic carbocycles. The van der Waals surface area contributed by atoms with Crippen molar-refractivity contribution in [2.75, 3.05) is 45.3 Å². The number of carboxylic acids is 1. The van der Waals surface area contributed by atoms with Gasteiger partial charge in [-0.3, -0.25) is 19.3 Å². The minimum Gasteiger partial charge on any atom is -0.543 e. The number of carboxylic acid groups (broad SMARTS) is 1. The fourth-order valence-corrected chi connectivity index (χ4v) is 6.12. The molecule has 3 aliphatic heterocycles. The number of nitrogen functional groups attached to an aromatic ring is 1. The predicted molar refractivity (Wildman–Crippen MR) is 128 cm³/mol. The number of β-lactam (4-membered cyclic amide) rings is 1. The van der Waals surface area contributed by atoms with Gasteiger partial charge in [-0.1, -0.05) is 5.16 Å². The van der Waals surface area contributed by atoms with Crippen molar-refractivity contribution in [2.24, 2.45) is 10.9 Å². The Hall–Kier alpha value is -3.50. The number of amides is 3. The van der Waals surface area contributed by atoms with Crippen LogP contribution >= 0.6 is 23.3 Å². The molecule has 0 radical (unpaired) electrons. The molecule has 4 rings (SSSR count). The van der Waals surface area contributed by atoms with E-state index in [0.717, 1.165) is 16.4 Å². The van der Waals surface area contributed by atoms with E-state index in [1.165, 1.54) is 18.9 Å². The van der Waals surface area contributed by atoms with Gasteiger partial charge >= 0.3 is 0 Å². The van der Waals surface area contributed by atoms with Crippen LogP contribution in [0.2, 0.25) is 0 Å².